The van der Waals surface area contributed by atoms with Gasteiger partial charge in [-0.05, 0) is 62.6 Å². The minimum Gasteiger partial charge on any atom is -0.461 e. The molecule has 0 aliphatic carbocycles. The fourth-order valence-electron chi connectivity index (χ4n) is 4.16. The van der Waals surface area contributed by atoms with E-state index in [4.69, 9.17) is 25.6 Å². The molecule has 1 heterocycles. The standard InChI is InChI=1S/C26H33ClN4O9S2/c1-16(2)39-25(33)22(14-17-7-9-18(10-8-17)40-26(34)30(3)4)28-24(32)23-6-5-13-31(23)42(37,38)19-11-12-20(27)21(15-19)29-41(35)36/h7-12,15-16,22-23,29H,5-6,13-14H2,1-4H3,(H,28,32)(H,35,36)/t22-,23-/m0/s1. The van der Waals surface area contributed by atoms with Crippen LogP contribution in [0.3, 0.4) is 0 Å². The highest BCUT2D eigenvalue weighted by Crippen LogP contribution is 2.31. The molecule has 0 bridgehead atoms. The number of halogens is 1. The fraction of sp³-hybridized carbons (Fsp3) is 0.423. The summed E-state index contributed by atoms with van der Waals surface area (Å²) in [6.45, 7) is 3.38. The predicted molar refractivity (Wildman–Crippen MR) is 156 cm³/mol. The number of nitrogens with one attached hydrogen (secondary N) is 2. The number of sulfonamides is 1. The van der Waals surface area contributed by atoms with Crippen molar-refractivity contribution in [3.05, 3.63) is 53.1 Å². The van der Waals surface area contributed by atoms with Gasteiger partial charge in [-0.15, -0.1) is 0 Å². The molecule has 1 aliphatic rings. The zero-order chi connectivity index (χ0) is 31.2. The third-order valence-corrected chi connectivity index (χ3v) is 8.76. The summed E-state index contributed by atoms with van der Waals surface area (Å²) in [7, 11) is -1.14. The molecular weight excluding hydrogens is 612 g/mol. The highest BCUT2D eigenvalue weighted by atomic mass is 35.5. The minimum atomic E-state index is -4.23. The van der Waals surface area contributed by atoms with Gasteiger partial charge in [0.2, 0.25) is 15.9 Å². The van der Waals surface area contributed by atoms with Crippen molar-refractivity contribution < 1.29 is 41.0 Å². The molecule has 1 aliphatic heterocycles. The second-order valence-corrected chi connectivity index (χ2v) is 12.9. The van der Waals surface area contributed by atoms with Crippen LogP contribution in [0.15, 0.2) is 47.4 Å². The molecule has 2 aromatic rings. The van der Waals surface area contributed by atoms with Crippen LogP contribution in [0.4, 0.5) is 10.5 Å². The molecule has 2 amide bonds. The highest BCUT2D eigenvalue weighted by Gasteiger charge is 2.41. The number of rotatable bonds is 11. The third kappa shape index (κ3) is 8.64. The number of hydrogen-bond donors (Lipinski definition) is 3. The molecule has 2 aromatic carbocycles. The lowest BCUT2D eigenvalue weighted by atomic mass is 10.0. The van der Waals surface area contributed by atoms with Crippen LogP contribution >= 0.6 is 11.6 Å². The zero-order valence-corrected chi connectivity index (χ0v) is 25.8. The summed E-state index contributed by atoms with van der Waals surface area (Å²) in [6.07, 6.45) is -0.385. The molecule has 0 radical (unpaired) electrons. The summed E-state index contributed by atoms with van der Waals surface area (Å²) in [5.74, 6) is -1.08. The van der Waals surface area contributed by atoms with E-state index in [0.717, 1.165) is 10.4 Å². The summed E-state index contributed by atoms with van der Waals surface area (Å²) >= 11 is 3.52. The second-order valence-electron chi connectivity index (χ2n) is 9.92. The van der Waals surface area contributed by atoms with Gasteiger partial charge in [-0.1, -0.05) is 23.7 Å². The molecule has 0 aromatic heterocycles. The number of amides is 2. The lowest BCUT2D eigenvalue weighted by Crippen LogP contribution is -2.52. The van der Waals surface area contributed by atoms with Crippen molar-refractivity contribution in [2.75, 3.05) is 25.4 Å². The van der Waals surface area contributed by atoms with Crippen LogP contribution in [0.1, 0.15) is 32.3 Å². The highest BCUT2D eigenvalue weighted by molar-refractivity contribution is 7.89. The number of anilines is 1. The topological polar surface area (TPSA) is 172 Å². The molecule has 230 valence electrons. The Hall–Kier alpha value is -3.24. The van der Waals surface area contributed by atoms with Crippen molar-refractivity contribution in [1.82, 2.24) is 14.5 Å². The number of carbonyl (C=O) groups is 3. The molecule has 16 heteroatoms. The Morgan fingerprint density at radius 2 is 1.83 bits per heavy atom. The zero-order valence-electron chi connectivity index (χ0n) is 23.4. The van der Waals surface area contributed by atoms with Crippen LogP contribution in [0.2, 0.25) is 5.02 Å². The SMILES string of the molecule is CC(C)OC(=O)[C@H](Cc1ccc(OC(=O)N(C)C)cc1)NC(=O)[C@@H]1CCCN1S(=O)(=O)c1ccc(Cl)c(NS(=O)O)c1. The van der Waals surface area contributed by atoms with Crippen molar-refractivity contribution in [2.24, 2.45) is 0 Å². The molecule has 1 unspecified atom stereocenters. The maximum atomic E-state index is 13.5. The third-order valence-electron chi connectivity index (χ3n) is 6.13. The number of hydrogen-bond acceptors (Lipinski definition) is 8. The largest absolute Gasteiger partial charge is 0.461 e. The van der Waals surface area contributed by atoms with E-state index in [1.54, 1.807) is 52.2 Å². The number of esters is 1. The monoisotopic (exact) mass is 644 g/mol. The van der Waals surface area contributed by atoms with Crippen LogP contribution in [0, 0.1) is 0 Å². The Kier molecular flexibility index (Phi) is 11.3. The molecule has 1 saturated heterocycles. The molecular formula is C26H33ClN4O9S2. The Labute approximate surface area is 251 Å². The Balaban J connectivity index is 1.81. The van der Waals surface area contributed by atoms with Gasteiger partial charge in [-0.3, -0.25) is 14.1 Å². The van der Waals surface area contributed by atoms with Crippen LogP contribution in [0.5, 0.6) is 5.75 Å². The summed E-state index contributed by atoms with van der Waals surface area (Å²) in [5.41, 5.74) is 0.557. The molecule has 3 atom stereocenters. The average Bonchev–Trinajstić information content (AvgIpc) is 3.41. The minimum absolute atomic E-state index is 0.0301. The van der Waals surface area contributed by atoms with E-state index < -0.39 is 57.4 Å². The van der Waals surface area contributed by atoms with Crippen LogP contribution in [0.25, 0.3) is 0 Å². The lowest BCUT2D eigenvalue weighted by molar-refractivity contribution is -0.151. The van der Waals surface area contributed by atoms with E-state index in [9.17, 15) is 27.0 Å². The Morgan fingerprint density at radius 3 is 2.43 bits per heavy atom. The maximum absolute atomic E-state index is 13.5. The van der Waals surface area contributed by atoms with E-state index >= 15 is 0 Å². The molecule has 13 nitrogen and oxygen atoms in total. The maximum Gasteiger partial charge on any atom is 0.414 e. The van der Waals surface area contributed by atoms with Crippen molar-refractivity contribution in [3.63, 3.8) is 0 Å². The molecule has 42 heavy (non-hydrogen) atoms. The first-order chi connectivity index (χ1) is 19.7. The quantitative estimate of drug-likeness (QED) is 0.246. The Bertz CT molecular complexity index is 1440. The molecule has 0 saturated carbocycles. The van der Waals surface area contributed by atoms with E-state index in [0.29, 0.717) is 17.7 Å². The first-order valence-corrected chi connectivity index (χ1v) is 15.8. The van der Waals surface area contributed by atoms with Crippen LogP contribution < -0.4 is 14.8 Å². The number of nitrogens with zero attached hydrogens (tertiary/aromatic N) is 2. The summed E-state index contributed by atoms with van der Waals surface area (Å²) in [4.78, 5) is 39.2. The van der Waals surface area contributed by atoms with E-state index in [1.165, 1.54) is 17.0 Å². The van der Waals surface area contributed by atoms with E-state index in [2.05, 4.69) is 10.0 Å². The second kappa shape index (κ2) is 14.3. The van der Waals surface area contributed by atoms with E-state index in [1.807, 2.05) is 0 Å². The summed E-state index contributed by atoms with van der Waals surface area (Å²) in [6, 6.07) is 7.74. The first-order valence-electron chi connectivity index (χ1n) is 12.9. The molecule has 0 spiro atoms. The predicted octanol–water partition coefficient (Wildman–Crippen LogP) is 2.78. The summed E-state index contributed by atoms with van der Waals surface area (Å²) < 4.78 is 61.1. The van der Waals surface area contributed by atoms with Gasteiger partial charge in [-0.25, -0.2) is 22.2 Å². The number of ether oxygens (including phenoxy) is 2. The normalized spacial score (nSPS) is 16.9. The molecule has 3 rings (SSSR count). The van der Waals surface area contributed by atoms with Crippen molar-refractivity contribution in [3.8, 4) is 5.75 Å². The Morgan fingerprint density at radius 1 is 1.17 bits per heavy atom. The van der Waals surface area contributed by atoms with Gasteiger partial charge >= 0.3 is 12.1 Å². The van der Waals surface area contributed by atoms with E-state index in [-0.39, 0.29) is 35.0 Å². The van der Waals surface area contributed by atoms with Gasteiger partial charge in [0.25, 0.3) is 11.3 Å². The number of carbonyl (C=O) groups excluding carboxylic acids is 3. The van der Waals surface area contributed by atoms with Gasteiger partial charge in [0.15, 0.2) is 0 Å². The number of benzene rings is 2. The average molecular weight is 645 g/mol. The molecule has 1 fully saturated rings. The van der Waals surface area contributed by atoms with Crippen LogP contribution in [-0.4, -0.2) is 83.2 Å². The first kappa shape index (κ1) is 33.3. The smallest absolute Gasteiger partial charge is 0.414 e. The lowest BCUT2D eigenvalue weighted by Gasteiger charge is -2.26. The van der Waals surface area contributed by atoms with Gasteiger partial charge < -0.3 is 19.7 Å². The van der Waals surface area contributed by atoms with Crippen molar-refractivity contribution in [1.29, 1.82) is 0 Å². The van der Waals surface area contributed by atoms with Crippen molar-refractivity contribution >= 4 is 56.5 Å². The summed E-state index contributed by atoms with van der Waals surface area (Å²) in [5, 5.41) is 2.69. The van der Waals surface area contributed by atoms with Crippen LogP contribution in [-0.2, 0) is 42.0 Å². The van der Waals surface area contributed by atoms with Gasteiger partial charge in [0.05, 0.1) is 21.7 Å². The van der Waals surface area contributed by atoms with Crippen molar-refractivity contribution in [2.45, 2.75) is 56.2 Å². The van der Waals surface area contributed by atoms with Gasteiger partial charge in [-0.2, -0.15) is 4.31 Å². The van der Waals surface area contributed by atoms with Gasteiger partial charge in [0.1, 0.15) is 17.8 Å². The molecule has 3 N–H and O–H groups in total. The fourth-order valence-corrected chi connectivity index (χ4v) is 6.42. The van der Waals surface area contributed by atoms with Gasteiger partial charge in [0, 0.05) is 27.1 Å².